The van der Waals surface area contributed by atoms with Crippen LogP contribution >= 0.6 is 8.38 Å². The largest absolute Gasteiger partial charge is 0.379 e. The quantitative estimate of drug-likeness (QED) is 0.188. The Hall–Kier alpha value is -0.605. The number of nitrogens with zero attached hydrogens (tertiary/aromatic N) is 1. The molecule has 29 heavy (non-hydrogen) atoms. The van der Waals surface area contributed by atoms with Crippen LogP contribution in [-0.2, 0) is 23.3 Å². The Balaban J connectivity index is 3.05. The molecule has 0 aliphatic carbocycles. The summed E-state index contributed by atoms with van der Waals surface area (Å²) in [6.07, 6.45) is -0.230. The lowest BCUT2D eigenvalue weighted by Gasteiger charge is -2.37. The molecule has 0 spiro atoms. The summed E-state index contributed by atoms with van der Waals surface area (Å²) in [6.45, 7) is 16.3. The highest BCUT2D eigenvalue weighted by Gasteiger charge is 2.46. The second-order valence-electron chi connectivity index (χ2n) is 7.95. The monoisotopic (exact) mass is 424 g/mol. The molecule has 0 saturated carbocycles. The minimum atomic E-state index is -1.41. The minimum absolute atomic E-state index is 0.0934. The third kappa shape index (κ3) is 8.21. The highest BCUT2D eigenvalue weighted by Crippen LogP contribution is 2.54. The molecule has 1 aliphatic rings. The molecule has 1 heterocycles. The zero-order chi connectivity index (χ0) is 22.1. The van der Waals surface area contributed by atoms with Crippen LogP contribution < -0.4 is 0 Å². The maximum atomic E-state index is 8.85. The number of hydrogen-bond acceptors (Lipinski definition) is 6. The van der Waals surface area contributed by atoms with Crippen LogP contribution in [0.1, 0.15) is 54.4 Å². The van der Waals surface area contributed by atoms with E-state index in [4.69, 9.17) is 36.4 Å². The molecule has 0 amide bonds. The van der Waals surface area contributed by atoms with Gasteiger partial charge in [0.15, 0.2) is 0 Å². The summed E-state index contributed by atoms with van der Waals surface area (Å²) < 4.78 is 30.0. The fraction of sp³-hybridized carbons (Fsp3) is 0.810. The first-order chi connectivity index (χ1) is 13.6. The molecule has 8 heteroatoms. The number of ether oxygens (including phenoxy) is 3. The zero-order valence-corrected chi connectivity index (χ0v) is 19.8. The lowest BCUT2D eigenvalue weighted by Crippen LogP contribution is -2.42. The van der Waals surface area contributed by atoms with Crippen molar-refractivity contribution in [2.45, 2.75) is 90.9 Å². The van der Waals surface area contributed by atoms with E-state index in [1.165, 1.54) is 0 Å². The van der Waals surface area contributed by atoms with Gasteiger partial charge in [0.05, 0.1) is 37.4 Å². The summed E-state index contributed by atoms with van der Waals surface area (Å²) in [5.41, 5.74) is 1.81. The Morgan fingerprint density at radius 2 is 1.93 bits per heavy atom. The van der Waals surface area contributed by atoms with Gasteiger partial charge in [0.1, 0.15) is 28.4 Å². The van der Waals surface area contributed by atoms with Crippen molar-refractivity contribution in [2.24, 2.45) is 5.92 Å². The first-order valence-electron chi connectivity index (χ1n) is 10.2. The molecule has 7 unspecified atom stereocenters. The van der Waals surface area contributed by atoms with E-state index in [1.54, 1.807) is 7.11 Å². The molecule has 0 aromatic carbocycles. The number of rotatable bonds is 13. The van der Waals surface area contributed by atoms with E-state index < -0.39 is 20.5 Å². The molecular weight excluding hydrogens is 388 g/mol. The number of hydrogen-bond donors (Lipinski definition) is 0. The molecule has 0 aromatic rings. The van der Waals surface area contributed by atoms with Gasteiger partial charge in [-0.15, -0.1) is 12.6 Å². The van der Waals surface area contributed by atoms with Crippen molar-refractivity contribution in [1.82, 2.24) is 0 Å². The lowest BCUT2D eigenvalue weighted by molar-refractivity contribution is -0.100. The van der Waals surface area contributed by atoms with E-state index >= 15 is 0 Å². The molecule has 0 N–H and O–H groups in total. The first kappa shape index (κ1) is 26.4. The standard InChI is InChI=1S/C21H36BNO5P/c1-13(2)12-18-19(20(21(22)27-18)26-16(6)15(5)24-8)28-29(17(7)14(3)4)25-11-9-10-23/h13,15-16,18-21H,3,9,11-12H2,1-2,4-8H3/q-1. The van der Waals surface area contributed by atoms with Crippen LogP contribution in [0.3, 0.4) is 0 Å². The highest BCUT2D eigenvalue weighted by atomic mass is 31.2. The van der Waals surface area contributed by atoms with Crippen molar-refractivity contribution < 1.29 is 23.3 Å². The number of nitriles is 1. The Morgan fingerprint density at radius 3 is 2.45 bits per heavy atom. The van der Waals surface area contributed by atoms with Crippen molar-refractivity contribution in [1.29, 1.82) is 5.26 Å². The van der Waals surface area contributed by atoms with Crippen LogP contribution in [0.25, 0.3) is 0 Å². The maximum Gasteiger partial charge on any atom is 0.117 e. The minimum Gasteiger partial charge on any atom is -0.379 e. The van der Waals surface area contributed by atoms with E-state index in [0.29, 0.717) is 18.9 Å². The average Bonchev–Trinajstić information content (AvgIpc) is 2.93. The Kier molecular flexibility index (Phi) is 11.8. The van der Waals surface area contributed by atoms with Crippen LogP contribution in [0.5, 0.6) is 0 Å². The Bertz CT molecular complexity index is 544. The molecule has 1 fully saturated rings. The second kappa shape index (κ2) is 12.9. The second-order valence-corrected chi connectivity index (χ2v) is 9.60. The smallest absolute Gasteiger partial charge is 0.117 e. The van der Waals surface area contributed by atoms with Gasteiger partial charge in [0, 0.05) is 13.1 Å². The lowest BCUT2D eigenvalue weighted by atomic mass is 9.91. The SMILES string of the molecule is [B]C1OC(CC(C)C)C(OP(OCCC#N)[C-](C)C(=C)C)C1OC(C)C(C)OC. The van der Waals surface area contributed by atoms with Gasteiger partial charge in [-0.2, -0.15) is 5.26 Å². The fourth-order valence-electron chi connectivity index (χ4n) is 2.89. The topological polar surface area (TPSA) is 69.9 Å². The normalized spacial score (nSPS) is 27.4. The predicted octanol–water partition coefficient (Wildman–Crippen LogP) is 4.49. The van der Waals surface area contributed by atoms with E-state index in [1.807, 2.05) is 27.7 Å². The van der Waals surface area contributed by atoms with Gasteiger partial charge in [-0.25, -0.2) is 12.2 Å². The van der Waals surface area contributed by atoms with Crippen molar-refractivity contribution in [3.63, 3.8) is 0 Å². The predicted molar refractivity (Wildman–Crippen MR) is 116 cm³/mol. The summed E-state index contributed by atoms with van der Waals surface area (Å²) in [5, 5.41) is 8.85. The average molecular weight is 424 g/mol. The fourth-order valence-corrected chi connectivity index (χ4v) is 4.35. The van der Waals surface area contributed by atoms with Gasteiger partial charge in [0.25, 0.3) is 0 Å². The van der Waals surface area contributed by atoms with Gasteiger partial charge in [-0.05, 0) is 26.2 Å². The first-order valence-corrected chi connectivity index (χ1v) is 11.4. The van der Waals surface area contributed by atoms with E-state index in [0.717, 1.165) is 17.7 Å². The summed E-state index contributed by atoms with van der Waals surface area (Å²) >= 11 is 0. The molecule has 1 saturated heterocycles. The molecule has 1 aliphatic heterocycles. The molecule has 1 rings (SSSR count). The number of allylic oxidation sites excluding steroid dienone is 1. The van der Waals surface area contributed by atoms with Crippen molar-refractivity contribution >= 4 is 16.2 Å². The third-order valence-electron chi connectivity index (χ3n) is 4.99. The zero-order valence-electron chi connectivity index (χ0n) is 18.9. The Labute approximate surface area is 179 Å². The molecule has 7 atom stereocenters. The summed E-state index contributed by atoms with van der Waals surface area (Å²) in [6, 6.07) is 1.49. The van der Waals surface area contributed by atoms with E-state index in [9.17, 15) is 0 Å². The van der Waals surface area contributed by atoms with Crippen LogP contribution in [-0.4, -0.2) is 58.1 Å². The highest BCUT2D eigenvalue weighted by molar-refractivity contribution is 7.51. The van der Waals surface area contributed by atoms with E-state index in [2.05, 4.69) is 26.5 Å². The van der Waals surface area contributed by atoms with Gasteiger partial charge >= 0.3 is 0 Å². The molecule has 0 bridgehead atoms. The molecule has 164 valence electrons. The van der Waals surface area contributed by atoms with Crippen LogP contribution in [0.4, 0.5) is 0 Å². The maximum absolute atomic E-state index is 8.85. The Morgan fingerprint density at radius 1 is 1.28 bits per heavy atom. The molecule has 6 nitrogen and oxygen atoms in total. The number of methoxy groups -OCH3 is 1. The van der Waals surface area contributed by atoms with Crippen LogP contribution in [0.15, 0.2) is 12.2 Å². The van der Waals surface area contributed by atoms with E-state index in [-0.39, 0.29) is 24.4 Å². The van der Waals surface area contributed by atoms with Crippen molar-refractivity contribution in [3.05, 3.63) is 17.8 Å². The molecular formula is C21H36BNO5P-. The van der Waals surface area contributed by atoms with Gasteiger partial charge in [-0.3, -0.25) is 0 Å². The van der Waals surface area contributed by atoms with Crippen molar-refractivity contribution in [3.8, 4) is 6.07 Å². The van der Waals surface area contributed by atoms with Crippen LogP contribution in [0, 0.1) is 22.9 Å². The summed E-state index contributed by atoms with van der Waals surface area (Å²) in [7, 11) is 6.54. The van der Waals surface area contributed by atoms with Gasteiger partial charge in [0.2, 0.25) is 0 Å². The summed E-state index contributed by atoms with van der Waals surface area (Å²) in [5.74, 6) is 0.407. The van der Waals surface area contributed by atoms with Crippen molar-refractivity contribution in [2.75, 3.05) is 13.7 Å². The molecule has 2 radical (unpaired) electrons. The van der Waals surface area contributed by atoms with Gasteiger partial charge < -0.3 is 23.3 Å². The van der Waals surface area contributed by atoms with Crippen LogP contribution in [0.2, 0.25) is 0 Å². The summed E-state index contributed by atoms with van der Waals surface area (Å²) in [4.78, 5) is 0. The molecule has 0 aromatic heterocycles. The van der Waals surface area contributed by atoms with Gasteiger partial charge in [-0.1, -0.05) is 20.8 Å². The third-order valence-corrected chi connectivity index (χ3v) is 6.77.